The summed E-state index contributed by atoms with van der Waals surface area (Å²) in [5, 5.41) is 0.889. The molecule has 0 aliphatic rings. The van der Waals surface area contributed by atoms with E-state index in [0.717, 1.165) is 31.1 Å². The Hall–Kier alpha value is -0.530. The summed E-state index contributed by atoms with van der Waals surface area (Å²) in [5.74, 6) is 0. The van der Waals surface area contributed by atoms with Gasteiger partial charge in [0.25, 0.3) is 0 Å². The summed E-state index contributed by atoms with van der Waals surface area (Å²) in [6.45, 7) is 7.70. The van der Waals surface area contributed by atoms with Crippen LogP contribution in [0.1, 0.15) is 19.4 Å². The van der Waals surface area contributed by atoms with Gasteiger partial charge in [-0.2, -0.15) is 0 Å². The molecule has 2 heteroatoms. The molecule has 1 aromatic rings. The highest BCUT2D eigenvalue weighted by molar-refractivity contribution is 6.31. The highest BCUT2D eigenvalue weighted by Gasteiger charge is 2.02. The zero-order valence-electron chi connectivity index (χ0n) is 8.96. The fourth-order valence-corrected chi connectivity index (χ4v) is 1.75. The molecule has 0 saturated carbocycles. The van der Waals surface area contributed by atoms with Crippen LogP contribution in [0.5, 0.6) is 0 Å². The van der Waals surface area contributed by atoms with Crippen LogP contribution >= 0.6 is 11.6 Å². The molecule has 0 unspecified atom stereocenters. The summed E-state index contributed by atoms with van der Waals surface area (Å²) in [4.78, 5) is 2.41. The Labute approximate surface area is 91.7 Å². The van der Waals surface area contributed by atoms with Crippen LogP contribution in [0.15, 0.2) is 24.3 Å². The molecule has 0 radical (unpaired) electrons. The van der Waals surface area contributed by atoms with E-state index in [4.69, 9.17) is 11.6 Å². The van der Waals surface area contributed by atoms with Crippen LogP contribution < -0.4 is 0 Å². The molecule has 1 aromatic carbocycles. The van der Waals surface area contributed by atoms with E-state index in [1.807, 2.05) is 18.2 Å². The van der Waals surface area contributed by atoms with Crippen LogP contribution in [0, 0.1) is 0 Å². The molecule has 0 amide bonds. The Morgan fingerprint density at radius 2 is 1.79 bits per heavy atom. The first kappa shape index (κ1) is 11.5. The molecule has 0 N–H and O–H groups in total. The molecule has 14 heavy (non-hydrogen) atoms. The first-order valence-electron chi connectivity index (χ1n) is 5.23. The molecule has 1 nitrogen and oxygen atoms in total. The van der Waals surface area contributed by atoms with Gasteiger partial charge < -0.3 is 4.90 Å². The van der Waals surface area contributed by atoms with E-state index in [1.165, 1.54) is 5.56 Å². The summed E-state index contributed by atoms with van der Waals surface area (Å²) in [7, 11) is 0. The summed E-state index contributed by atoms with van der Waals surface area (Å²) in [6, 6.07) is 8.08. The number of benzene rings is 1. The highest BCUT2D eigenvalue weighted by Crippen LogP contribution is 2.15. The van der Waals surface area contributed by atoms with Gasteiger partial charge in [0.15, 0.2) is 0 Å². The molecule has 0 spiro atoms. The van der Waals surface area contributed by atoms with Gasteiger partial charge in [-0.3, -0.25) is 0 Å². The van der Waals surface area contributed by atoms with Gasteiger partial charge in [0.2, 0.25) is 0 Å². The predicted octanol–water partition coefficient (Wildman–Crippen LogP) is 3.22. The second kappa shape index (κ2) is 6.05. The number of likely N-dealkylation sites (N-methyl/N-ethyl adjacent to an activating group) is 1. The van der Waals surface area contributed by atoms with Crippen LogP contribution in [0.25, 0.3) is 0 Å². The molecular formula is C12H18ClN. The third kappa shape index (κ3) is 3.32. The lowest BCUT2D eigenvalue weighted by Crippen LogP contribution is -2.25. The van der Waals surface area contributed by atoms with Crippen LogP contribution in [0.3, 0.4) is 0 Å². The molecule has 0 bridgehead atoms. The second-order valence-corrected chi connectivity index (χ2v) is 3.78. The summed E-state index contributed by atoms with van der Waals surface area (Å²) in [6.07, 6.45) is 1.04. The van der Waals surface area contributed by atoms with Crippen molar-refractivity contribution < 1.29 is 0 Å². The minimum absolute atomic E-state index is 0.889. The molecular weight excluding hydrogens is 194 g/mol. The average molecular weight is 212 g/mol. The summed E-state index contributed by atoms with van der Waals surface area (Å²) in [5.41, 5.74) is 1.25. The lowest BCUT2D eigenvalue weighted by molar-refractivity contribution is 0.308. The first-order chi connectivity index (χ1) is 6.77. The number of halogens is 1. The van der Waals surface area contributed by atoms with Crippen LogP contribution in [0.2, 0.25) is 5.02 Å². The molecule has 78 valence electrons. The van der Waals surface area contributed by atoms with Crippen molar-refractivity contribution in [2.45, 2.75) is 20.3 Å². The Balaban J connectivity index is 2.49. The Kier molecular flexibility index (Phi) is 4.99. The summed E-state index contributed by atoms with van der Waals surface area (Å²) >= 11 is 6.08. The largest absolute Gasteiger partial charge is 0.304 e. The van der Waals surface area contributed by atoms with E-state index in [1.54, 1.807) is 0 Å². The minimum atomic E-state index is 0.889. The van der Waals surface area contributed by atoms with E-state index in [9.17, 15) is 0 Å². The Morgan fingerprint density at radius 1 is 1.14 bits per heavy atom. The summed E-state index contributed by atoms with van der Waals surface area (Å²) < 4.78 is 0. The van der Waals surface area contributed by atoms with E-state index < -0.39 is 0 Å². The number of nitrogens with zero attached hydrogens (tertiary/aromatic N) is 1. The zero-order valence-corrected chi connectivity index (χ0v) is 9.72. The van der Waals surface area contributed by atoms with Crippen molar-refractivity contribution in [2.24, 2.45) is 0 Å². The van der Waals surface area contributed by atoms with Gasteiger partial charge >= 0.3 is 0 Å². The van der Waals surface area contributed by atoms with Crippen molar-refractivity contribution in [3.05, 3.63) is 34.9 Å². The molecule has 1 rings (SSSR count). The van der Waals surface area contributed by atoms with Crippen molar-refractivity contribution in [3.63, 3.8) is 0 Å². The van der Waals surface area contributed by atoms with Crippen molar-refractivity contribution >= 4 is 11.6 Å². The lowest BCUT2D eigenvalue weighted by atomic mass is 10.1. The zero-order chi connectivity index (χ0) is 10.4. The topological polar surface area (TPSA) is 3.24 Å². The van der Waals surface area contributed by atoms with Gasteiger partial charge in [-0.25, -0.2) is 0 Å². The normalized spacial score (nSPS) is 10.9. The standard InChI is InChI=1S/C12H18ClN/c1-3-14(4-2)10-9-11-7-5-6-8-12(11)13/h5-8H,3-4,9-10H2,1-2H3. The van der Waals surface area contributed by atoms with Gasteiger partial charge in [0.05, 0.1) is 0 Å². The molecule has 0 fully saturated rings. The second-order valence-electron chi connectivity index (χ2n) is 3.37. The first-order valence-corrected chi connectivity index (χ1v) is 5.61. The van der Waals surface area contributed by atoms with Gasteiger partial charge in [0, 0.05) is 11.6 Å². The molecule has 0 heterocycles. The fourth-order valence-electron chi connectivity index (χ4n) is 1.52. The monoisotopic (exact) mass is 211 g/mol. The van der Waals surface area contributed by atoms with Crippen molar-refractivity contribution in [1.82, 2.24) is 4.90 Å². The van der Waals surface area contributed by atoms with E-state index >= 15 is 0 Å². The molecule has 0 atom stereocenters. The minimum Gasteiger partial charge on any atom is -0.304 e. The van der Waals surface area contributed by atoms with Crippen molar-refractivity contribution in [3.8, 4) is 0 Å². The highest BCUT2D eigenvalue weighted by atomic mass is 35.5. The maximum atomic E-state index is 6.08. The fraction of sp³-hybridized carbons (Fsp3) is 0.500. The van der Waals surface area contributed by atoms with Gasteiger partial charge in [-0.1, -0.05) is 43.6 Å². The van der Waals surface area contributed by atoms with E-state index in [2.05, 4.69) is 24.8 Å². The quantitative estimate of drug-likeness (QED) is 0.723. The van der Waals surface area contributed by atoms with Gasteiger partial charge in [0.1, 0.15) is 0 Å². The van der Waals surface area contributed by atoms with E-state index in [0.29, 0.717) is 0 Å². The molecule has 0 aliphatic heterocycles. The maximum absolute atomic E-state index is 6.08. The lowest BCUT2D eigenvalue weighted by Gasteiger charge is -2.17. The van der Waals surface area contributed by atoms with Gasteiger partial charge in [-0.15, -0.1) is 0 Å². The number of hydrogen-bond acceptors (Lipinski definition) is 1. The number of hydrogen-bond donors (Lipinski definition) is 0. The Morgan fingerprint density at radius 3 is 2.36 bits per heavy atom. The SMILES string of the molecule is CCN(CC)CCc1ccccc1Cl. The Bertz CT molecular complexity index is 269. The van der Waals surface area contributed by atoms with Crippen LogP contribution in [-0.2, 0) is 6.42 Å². The van der Waals surface area contributed by atoms with Gasteiger partial charge in [-0.05, 0) is 31.1 Å². The van der Waals surface area contributed by atoms with Crippen molar-refractivity contribution in [2.75, 3.05) is 19.6 Å². The predicted molar refractivity (Wildman–Crippen MR) is 62.9 cm³/mol. The average Bonchev–Trinajstić information content (AvgIpc) is 2.22. The van der Waals surface area contributed by atoms with E-state index in [-0.39, 0.29) is 0 Å². The number of rotatable bonds is 5. The third-order valence-corrected chi connectivity index (χ3v) is 2.92. The smallest absolute Gasteiger partial charge is 0.0438 e. The maximum Gasteiger partial charge on any atom is 0.0438 e. The third-order valence-electron chi connectivity index (χ3n) is 2.55. The molecule has 0 aliphatic carbocycles. The van der Waals surface area contributed by atoms with Crippen LogP contribution in [-0.4, -0.2) is 24.5 Å². The molecule has 0 aromatic heterocycles. The molecule has 0 saturated heterocycles. The van der Waals surface area contributed by atoms with Crippen molar-refractivity contribution in [1.29, 1.82) is 0 Å². The van der Waals surface area contributed by atoms with Crippen LogP contribution in [0.4, 0.5) is 0 Å².